The number of rotatable bonds is 6. The van der Waals surface area contributed by atoms with E-state index in [9.17, 15) is 10.2 Å². The highest BCUT2D eigenvalue weighted by Crippen LogP contribution is 2.11. The maximum Gasteiger partial charge on any atom is 0.0802 e. The number of benzene rings is 1. The summed E-state index contributed by atoms with van der Waals surface area (Å²) in [5.74, 6) is 0. The highest BCUT2D eigenvalue weighted by Gasteiger charge is 2.14. The van der Waals surface area contributed by atoms with E-state index in [1.54, 1.807) is 0 Å². The maximum atomic E-state index is 9.71. The Balaban J connectivity index is 2.36. The first-order chi connectivity index (χ1) is 7.63. The van der Waals surface area contributed by atoms with Gasteiger partial charge in [0, 0.05) is 0 Å². The Kier molecular flexibility index (Phi) is 5.50. The van der Waals surface area contributed by atoms with Crippen LogP contribution >= 0.6 is 0 Å². The molecule has 0 aromatic heterocycles. The first-order valence-electron chi connectivity index (χ1n) is 6.05. The second-order valence-electron chi connectivity index (χ2n) is 4.45. The van der Waals surface area contributed by atoms with Crippen molar-refractivity contribution >= 4 is 0 Å². The van der Waals surface area contributed by atoms with Gasteiger partial charge in [-0.2, -0.15) is 0 Å². The highest BCUT2D eigenvalue weighted by molar-refractivity contribution is 5.21. The molecule has 1 rings (SSSR count). The number of hydrogen-bond acceptors (Lipinski definition) is 2. The Morgan fingerprint density at radius 3 is 2.12 bits per heavy atom. The lowest BCUT2D eigenvalue weighted by molar-refractivity contribution is 0.00981. The zero-order valence-electron chi connectivity index (χ0n) is 10.2. The molecule has 2 atom stereocenters. The smallest absolute Gasteiger partial charge is 0.0802 e. The van der Waals surface area contributed by atoms with Crippen molar-refractivity contribution in [1.82, 2.24) is 0 Å². The van der Waals surface area contributed by atoms with Gasteiger partial charge in [-0.25, -0.2) is 0 Å². The Labute approximate surface area is 97.9 Å². The monoisotopic (exact) mass is 222 g/mol. The molecule has 2 N–H and O–H groups in total. The van der Waals surface area contributed by atoms with Gasteiger partial charge < -0.3 is 10.2 Å². The first kappa shape index (κ1) is 13.2. The molecular weight excluding hydrogens is 200 g/mol. The van der Waals surface area contributed by atoms with Gasteiger partial charge in [-0.1, -0.05) is 43.2 Å². The maximum absolute atomic E-state index is 9.71. The van der Waals surface area contributed by atoms with Crippen LogP contribution in [0.25, 0.3) is 0 Å². The van der Waals surface area contributed by atoms with Gasteiger partial charge in [0.25, 0.3) is 0 Å². The SMILES string of the molecule is CCCC(O)C(O)CCc1ccc(C)cc1. The van der Waals surface area contributed by atoms with E-state index in [-0.39, 0.29) is 0 Å². The number of aliphatic hydroxyl groups excluding tert-OH is 2. The summed E-state index contributed by atoms with van der Waals surface area (Å²) >= 11 is 0. The summed E-state index contributed by atoms with van der Waals surface area (Å²) in [6.45, 7) is 4.07. The van der Waals surface area contributed by atoms with Crippen molar-refractivity contribution in [1.29, 1.82) is 0 Å². The third-order valence-electron chi connectivity index (χ3n) is 2.88. The van der Waals surface area contributed by atoms with Gasteiger partial charge in [0.05, 0.1) is 12.2 Å². The van der Waals surface area contributed by atoms with Crippen LogP contribution in [0.15, 0.2) is 24.3 Å². The van der Waals surface area contributed by atoms with Gasteiger partial charge >= 0.3 is 0 Å². The molecule has 1 aromatic rings. The Hall–Kier alpha value is -0.860. The van der Waals surface area contributed by atoms with Crippen LogP contribution in [0.4, 0.5) is 0 Å². The molecule has 0 amide bonds. The predicted octanol–water partition coefficient (Wildman–Crippen LogP) is 2.45. The molecule has 90 valence electrons. The number of hydrogen-bond donors (Lipinski definition) is 2. The molecule has 0 aliphatic carbocycles. The van der Waals surface area contributed by atoms with Crippen LogP contribution in [0.3, 0.4) is 0 Å². The van der Waals surface area contributed by atoms with Crippen LogP contribution in [-0.4, -0.2) is 22.4 Å². The second-order valence-corrected chi connectivity index (χ2v) is 4.45. The van der Waals surface area contributed by atoms with Gasteiger partial charge in [0.1, 0.15) is 0 Å². The van der Waals surface area contributed by atoms with Crippen molar-refractivity contribution in [3.63, 3.8) is 0 Å². The topological polar surface area (TPSA) is 40.5 Å². The van der Waals surface area contributed by atoms with Gasteiger partial charge in [0.15, 0.2) is 0 Å². The van der Waals surface area contributed by atoms with Crippen LogP contribution in [0.5, 0.6) is 0 Å². The Morgan fingerprint density at radius 1 is 1.00 bits per heavy atom. The van der Waals surface area contributed by atoms with Crippen LogP contribution < -0.4 is 0 Å². The summed E-state index contributed by atoms with van der Waals surface area (Å²) in [5.41, 5.74) is 2.46. The van der Waals surface area contributed by atoms with Gasteiger partial charge in [-0.3, -0.25) is 0 Å². The first-order valence-corrected chi connectivity index (χ1v) is 6.05. The molecule has 0 aliphatic heterocycles. The normalized spacial score (nSPS) is 14.8. The third-order valence-corrected chi connectivity index (χ3v) is 2.88. The summed E-state index contributed by atoms with van der Waals surface area (Å²) in [6, 6.07) is 8.30. The van der Waals surface area contributed by atoms with Crippen LogP contribution in [0, 0.1) is 6.92 Å². The third kappa shape index (κ3) is 4.33. The van der Waals surface area contributed by atoms with Gasteiger partial charge in [-0.15, -0.1) is 0 Å². The van der Waals surface area contributed by atoms with E-state index in [4.69, 9.17) is 0 Å². The second kappa shape index (κ2) is 6.66. The molecule has 0 radical (unpaired) electrons. The zero-order valence-corrected chi connectivity index (χ0v) is 10.2. The minimum absolute atomic E-state index is 0.574. The molecule has 0 fully saturated rings. The summed E-state index contributed by atoms with van der Waals surface area (Å²) in [7, 11) is 0. The van der Waals surface area contributed by atoms with Crippen molar-refractivity contribution < 1.29 is 10.2 Å². The summed E-state index contributed by atoms with van der Waals surface area (Å²) < 4.78 is 0. The summed E-state index contributed by atoms with van der Waals surface area (Å²) in [6.07, 6.45) is 1.86. The van der Waals surface area contributed by atoms with Crippen LogP contribution in [0.2, 0.25) is 0 Å². The molecule has 0 bridgehead atoms. The van der Waals surface area contributed by atoms with Crippen molar-refractivity contribution in [2.24, 2.45) is 0 Å². The van der Waals surface area contributed by atoms with Crippen LogP contribution in [0.1, 0.15) is 37.3 Å². The average Bonchev–Trinajstić information content (AvgIpc) is 2.28. The minimum atomic E-state index is -0.596. The Morgan fingerprint density at radius 2 is 1.56 bits per heavy atom. The Bertz CT molecular complexity index is 292. The standard InChI is InChI=1S/C14H22O2/c1-3-4-13(15)14(16)10-9-12-7-5-11(2)6-8-12/h5-8,13-16H,3-4,9-10H2,1-2H3. The van der Waals surface area contributed by atoms with E-state index in [0.717, 1.165) is 12.8 Å². The fraction of sp³-hybridized carbons (Fsp3) is 0.571. The van der Waals surface area contributed by atoms with Gasteiger partial charge in [0.2, 0.25) is 0 Å². The molecule has 0 heterocycles. The molecule has 16 heavy (non-hydrogen) atoms. The lowest BCUT2D eigenvalue weighted by Crippen LogP contribution is -2.26. The van der Waals surface area contributed by atoms with Crippen LogP contribution in [-0.2, 0) is 6.42 Å². The fourth-order valence-corrected chi connectivity index (χ4v) is 1.75. The molecule has 2 nitrogen and oxygen atoms in total. The van der Waals surface area contributed by atoms with E-state index in [2.05, 4.69) is 31.2 Å². The molecule has 0 saturated carbocycles. The van der Waals surface area contributed by atoms with Gasteiger partial charge in [-0.05, 0) is 31.7 Å². The fourth-order valence-electron chi connectivity index (χ4n) is 1.75. The highest BCUT2D eigenvalue weighted by atomic mass is 16.3. The molecule has 2 unspecified atom stereocenters. The summed E-state index contributed by atoms with van der Waals surface area (Å²) in [5, 5.41) is 19.3. The quantitative estimate of drug-likeness (QED) is 0.776. The van der Waals surface area contributed by atoms with Crippen molar-refractivity contribution in [3.8, 4) is 0 Å². The van der Waals surface area contributed by atoms with E-state index in [1.165, 1.54) is 11.1 Å². The average molecular weight is 222 g/mol. The molecule has 0 aliphatic rings. The molecule has 1 aromatic carbocycles. The molecule has 2 heteroatoms. The van der Waals surface area contributed by atoms with E-state index >= 15 is 0 Å². The lowest BCUT2D eigenvalue weighted by atomic mass is 10.0. The van der Waals surface area contributed by atoms with E-state index in [0.29, 0.717) is 12.8 Å². The molecule has 0 saturated heterocycles. The largest absolute Gasteiger partial charge is 0.390 e. The number of aryl methyl sites for hydroxylation is 2. The molecular formula is C14H22O2. The summed E-state index contributed by atoms with van der Waals surface area (Å²) in [4.78, 5) is 0. The van der Waals surface area contributed by atoms with Crippen molar-refractivity contribution in [2.75, 3.05) is 0 Å². The van der Waals surface area contributed by atoms with E-state index < -0.39 is 12.2 Å². The lowest BCUT2D eigenvalue weighted by Gasteiger charge is -2.16. The minimum Gasteiger partial charge on any atom is -0.390 e. The number of aliphatic hydroxyl groups is 2. The predicted molar refractivity (Wildman–Crippen MR) is 66.4 cm³/mol. The zero-order chi connectivity index (χ0) is 12.0. The van der Waals surface area contributed by atoms with Crippen molar-refractivity contribution in [2.45, 2.75) is 51.7 Å². The molecule has 0 spiro atoms. The van der Waals surface area contributed by atoms with E-state index in [1.807, 2.05) is 6.92 Å². The van der Waals surface area contributed by atoms with Crippen molar-refractivity contribution in [3.05, 3.63) is 35.4 Å².